The summed E-state index contributed by atoms with van der Waals surface area (Å²) in [7, 11) is 0. The second-order valence-electron chi connectivity index (χ2n) is 15.0. The predicted molar refractivity (Wildman–Crippen MR) is 213 cm³/mol. The summed E-state index contributed by atoms with van der Waals surface area (Å²) < 4.78 is 8.71. The average molecular weight is 689 g/mol. The molecule has 0 radical (unpaired) electrons. The third kappa shape index (κ3) is 4.16. The first-order valence-electron chi connectivity index (χ1n) is 18.5. The summed E-state index contributed by atoms with van der Waals surface area (Å²) in [6.07, 6.45) is 8.39. The molecule has 1 aliphatic heterocycles. The third-order valence-electron chi connectivity index (χ3n) is 12.3. The van der Waals surface area contributed by atoms with E-state index >= 15 is 0 Å². The van der Waals surface area contributed by atoms with Crippen molar-refractivity contribution in [3.63, 3.8) is 0 Å². The molecule has 7 nitrogen and oxygen atoms in total. The van der Waals surface area contributed by atoms with Gasteiger partial charge < -0.3 is 13.9 Å². The van der Waals surface area contributed by atoms with E-state index in [9.17, 15) is 0 Å². The summed E-state index contributed by atoms with van der Waals surface area (Å²) in [4.78, 5) is 23.4. The minimum absolute atomic E-state index is 0.0852. The monoisotopic (exact) mass is 688 g/mol. The number of hydrogen-bond acceptors (Lipinski definition) is 6. The second-order valence-corrected chi connectivity index (χ2v) is 15.0. The van der Waals surface area contributed by atoms with Gasteiger partial charge in [0.25, 0.3) is 0 Å². The van der Waals surface area contributed by atoms with Gasteiger partial charge in [-0.15, -0.1) is 0 Å². The van der Waals surface area contributed by atoms with Gasteiger partial charge in [-0.3, -0.25) is 4.98 Å². The zero-order valence-electron chi connectivity index (χ0n) is 29.6. The topological polar surface area (TPSA) is 72.9 Å². The van der Waals surface area contributed by atoms with Crippen LogP contribution in [0.3, 0.4) is 0 Å². The van der Waals surface area contributed by atoms with Crippen LogP contribution in [0.5, 0.6) is 0 Å². The number of furan rings is 1. The minimum Gasteiger partial charge on any atom is -0.456 e. The van der Waals surface area contributed by atoms with Crippen LogP contribution in [0.15, 0.2) is 138 Å². The van der Waals surface area contributed by atoms with E-state index in [-0.39, 0.29) is 11.0 Å². The molecule has 4 aromatic heterocycles. The Kier molecular flexibility index (Phi) is 6.33. The maximum absolute atomic E-state index is 6.36. The zero-order chi connectivity index (χ0) is 35.3. The van der Waals surface area contributed by atoms with Gasteiger partial charge in [0.05, 0.1) is 34.1 Å². The van der Waals surface area contributed by atoms with Crippen LogP contribution < -0.4 is 4.90 Å². The van der Waals surface area contributed by atoms with Crippen LogP contribution in [0.4, 0.5) is 11.6 Å². The lowest BCUT2D eigenvalue weighted by Crippen LogP contribution is -2.55. The number of hydrogen-bond donors (Lipinski definition) is 0. The first-order valence-corrected chi connectivity index (χ1v) is 18.5. The Labute approximate surface area is 306 Å². The SMILES string of the molecule is CC12CCCCC1(C)N(c1nc(-c3ccccc3-n3c4ccccc4c4ccccc43)nc(-c3cccc4oc5ccccc5c34)n1)c1cnccc12. The van der Waals surface area contributed by atoms with Gasteiger partial charge in [0.1, 0.15) is 11.2 Å². The van der Waals surface area contributed by atoms with Crippen molar-refractivity contribution in [1.29, 1.82) is 0 Å². The van der Waals surface area contributed by atoms with Crippen molar-refractivity contribution in [1.82, 2.24) is 24.5 Å². The summed E-state index contributed by atoms with van der Waals surface area (Å²) >= 11 is 0. The summed E-state index contributed by atoms with van der Waals surface area (Å²) in [5.41, 5.74) is 8.81. The summed E-state index contributed by atoms with van der Waals surface area (Å²) in [5, 5.41) is 4.45. The first kappa shape index (κ1) is 30.3. The van der Waals surface area contributed by atoms with Gasteiger partial charge in [-0.1, -0.05) is 98.6 Å². The molecule has 7 heteroatoms. The summed E-state index contributed by atoms with van der Waals surface area (Å²) in [5.74, 6) is 1.86. The molecule has 256 valence electrons. The standard InChI is InChI=1S/C46H36N6O/c1-45-25-11-12-26-46(45,2)52(38-28-47-27-24-34(38)45)44-49-42(48-43(50-44)33-18-13-23-40-41(33)32-17-6-10-22-39(32)53-40)31-16-5-9-21-37(31)51-35-19-7-3-14-29(35)30-15-4-8-20-36(30)51/h3-10,13-24,27-28H,11-12,25-26H2,1-2H3. The Bertz CT molecular complexity index is 2870. The lowest BCUT2D eigenvalue weighted by Gasteiger charge is -2.49. The molecule has 1 fully saturated rings. The Morgan fingerprint density at radius 3 is 2.04 bits per heavy atom. The highest BCUT2D eigenvalue weighted by Gasteiger charge is 2.58. The van der Waals surface area contributed by atoms with Gasteiger partial charge in [-0.25, -0.2) is 4.98 Å². The molecular weight excluding hydrogens is 653 g/mol. The van der Waals surface area contributed by atoms with Crippen LogP contribution in [-0.2, 0) is 5.41 Å². The molecule has 11 rings (SSSR count). The molecule has 0 amide bonds. The molecule has 1 aliphatic carbocycles. The largest absolute Gasteiger partial charge is 0.456 e. The quantitative estimate of drug-likeness (QED) is 0.183. The highest BCUT2D eigenvalue weighted by atomic mass is 16.3. The molecule has 0 spiro atoms. The molecule has 2 atom stereocenters. The number of nitrogens with zero attached hydrogens (tertiary/aromatic N) is 6. The fraction of sp³-hybridized carbons (Fsp3) is 0.174. The number of fused-ring (bicyclic) bond motifs is 9. The number of anilines is 2. The van der Waals surface area contributed by atoms with Crippen molar-refractivity contribution < 1.29 is 4.42 Å². The summed E-state index contributed by atoms with van der Waals surface area (Å²) in [6, 6.07) is 42.3. The highest BCUT2D eigenvalue weighted by Crippen LogP contribution is 2.60. The number of para-hydroxylation sites is 4. The van der Waals surface area contributed by atoms with E-state index in [2.05, 4.69) is 125 Å². The van der Waals surface area contributed by atoms with Crippen molar-refractivity contribution in [2.45, 2.75) is 50.5 Å². The van der Waals surface area contributed by atoms with E-state index in [1.807, 2.05) is 36.7 Å². The fourth-order valence-corrected chi connectivity index (χ4v) is 9.61. The van der Waals surface area contributed by atoms with Crippen molar-refractivity contribution >= 4 is 55.4 Å². The number of aromatic nitrogens is 5. The molecule has 0 bridgehead atoms. The lowest BCUT2D eigenvalue weighted by atomic mass is 9.62. The fourth-order valence-electron chi connectivity index (χ4n) is 9.61. The third-order valence-corrected chi connectivity index (χ3v) is 12.3. The molecule has 0 saturated heterocycles. The van der Waals surface area contributed by atoms with Gasteiger partial charge in [-0.2, -0.15) is 9.97 Å². The average Bonchev–Trinajstić information content (AvgIpc) is 3.82. The molecule has 0 N–H and O–H groups in total. The van der Waals surface area contributed by atoms with Crippen molar-refractivity contribution in [2.24, 2.45) is 0 Å². The predicted octanol–water partition coefficient (Wildman–Crippen LogP) is 11.3. The van der Waals surface area contributed by atoms with E-state index in [4.69, 9.17) is 19.4 Å². The minimum atomic E-state index is -0.257. The Morgan fingerprint density at radius 2 is 1.23 bits per heavy atom. The number of pyridine rings is 1. The van der Waals surface area contributed by atoms with Gasteiger partial charge >= 0.3 is 0 Å². The van der Waals surface area contributed by atoms with E-state index in [0.717, 1.165) is 74.7 Å². The zero-order valence-corrected chi connectivity index (χ0v) is 29.6. The molecule has 2 aliphatic rings. The van der Waals surface area contributed by atoms with Gasteiger partial charge in [0, 0.05) is 44.3 Å². The van der Waals surface area contributed by atoms with E-state index in [1.165, 1.54) is 22.8 Å². The van der Waals surface area contributed by atoms with E-state index < -0.39 is 0 Å². The van der Waals surface area contributed by atoms with Crippen LogP contribution in [0.1, 0.15) is 45.1 Å². The van der Waals surface area contributed by atoms with Crippen molar-refractivity contribution in [2.75, 3.05) is 4.90 Å². The normalized spacial score (nSPS) is 19.7. The van der Waals surface area contributed by atoms with Crippen LogP contribution in [0.25, 0.3) is 72.2 Å². The van der Waals surface area contributed by atoms with Crippen LogP contribution in [-0.4, -0.2) is 30.0 Å². The maximum Gasteiger partial charge on any atom is 0.234 e. The van der Waals surface area contributed by atoms with Gasteiger partial charge in [0.2, 0.25) is 5.95 Å². The smallest absolute Gasteiger partial charge is 0.234 e. The van der Waals surface area contributed by atoms with Crippen molar-refractivity contribution in [3.05, 3.63) is 139 Å². The lowest BCUT2D eigenvalue weighted by molar-refractivity contribution is 0.193. The van der Waals surface area contributed by atoms with E-state index in [0.29, 0.717) is 17.6 Å². The number of benzene rings is 5. The van der Waals surface area contributed by atoms with Gasteiger partial charge in [0.15, 0.2) is 11.6 Å². The Balaban J connectivity index is 1.22. The van der Waals surface area contributed by atoms with Crippen molar-refractivity contribution in [3.8, 4) is 28.5 Å². The van der Waals surface area contributed by atoms with Crippen LogP contribution >= 0.6 is 0 Å². The highest BCUT2D eigenvalue weighted by molar-refractivity contribution is 6.12. The Morgan fingerprint density at radius 1 is 0.585 bits per heavy atom. The maximum atomic E-state index is 6.36. The second kappa shape index (κ2) is 11.1. The van der Waals surface area contributed by atoms with Crippen LogP contribution in [0, 0.1) is 0 Å². The molecule has 5 aromatic carbocycles. The Hall–Kier alpha value is -6.34. The summed E-state index contributed by atoms with van der Waals surface area (Å²) in [6.45, 7) is 4.82. The molecule has 1 saturated carbocycles. The molecule has 53 heavy (non-hydrogen) atoms. The molecule has 9 aromatic rings. The van der Waals surface area contributed by atoms with E-state index in [1.54, 1.807) is 0 Å². The first-order chi connectivity index (χ1) is 26.0. The molecular formula is C46H36N6O. The number of rotatable bonds is 4. The molecule has 5 heterocycles. The van der Waals surface area contributed by atoms with Gasteiger partial charge in [-0.05, 0) is 67.8 Å². The molecule has 2 unspecified atom stereocenters. The van der Waals surface area contributed by atoms with Crippen LogP contribution in [0.2, 0.25) is 0 Å².